The van der Waals surface area contributed by atoms with Crippen molar-refractivity contribution in [3.05, 3.63) is 0 Å². The van der Waals surface area contributed by atoms with Gasteiger partial charge in [-0.1, -0.05) is 20.8 Å². The Morgan fingerprint density at radius 3 is 2.50 bits per heavy atom. The first-order chi connectivity index (χ1) is 8.20. The smallest absolute Gasteiger partial charge is 0.305 e. The summed E-state index contributed by atoms with van der Waals surface area (Å²) < 4.78 is 0. The molecular weight excluding hydrogens is 236 g/mol. The van der Waals surface area contributed by atoms with Gasteiger partial charge in [0.15, 0.2) is 0 Å². The highest BCUT2D eigenvalue weighted by Gasteiger charge is 2.33. The van der Waals surface area contributed by atoms with Crippen LogP contribution in [0.2, 0.25) is 0 Å². The van der Waals surface area contributed by atoms with Gasteiger partial charge in [-0.2, -0.15) is 0 Å². The molecule has 3 N–H and O–H groups in total. The standard InChI is InChI=1S/C12H20N2O4/c1-12(2,3)8(5-10(16)17)14-11(18)7-4-9(15)13-6-7/h7-8H,4-6H2,1-3H3,(H,13,15)(H,14,18)(H,16,17). The van der Waals surface area contributed by atoms with Gasteiger partial charge in [0.25, 0.3) is 0 Å². The fraction of sp³-hybridized carbons (Fsp3) is 0.750. The lowest BCUT2D eigenvalue weighted by molar-refractivity contribution is -0.139. The van der Waals surface area contributed by atoms with Crippen LogP contribution in [0.5, 0.6) is 0 Å². The van der Waals surface area contributed by atoms with Crippen LogP contribution in [0.15, 0.2) is 0 Å². The minimum atomic E-state index is -0.948. The highest BCUT2D eigenvalue weighted by molar-refractivity contribution is 5.89. The number of amides is 2. The fourth-order valence-corrected chi connectivity index (χ4v) is 1.83. The van der Waals surface area contributed by atoms with Crippen LogP contribution < -0.4 is 10.6 Å². The largest absolute Gasteiger partial charge is 0.481 e. The molecule has 0 aliphatic carbocycles. The molecular formula is C12H20N2O4. The highest BCUT2D eigenvalue weighted by Crippen LogP contribution is 2.22. The average Bonchev–Trinajstić information content (AvgIpc) is 2.61. The zero-order valence-corrected chi connectivity index (χ0v) is 10.9. The lowest BCUT2D eigenvalue weighted by Crippen LogP contribution is -2.47. The van der Waals surface area contributed by atoms with Crippen molar-refractivity contribution in [1.82, 2.24) is 10.6 Å². The monoisotopic (exact) mass is 256 g/mol. The third-order valence-corrected chi connectivity index (χ3v) is 3.09. The van der Waals surface area contributed by atoms with Gasteiger partial charge < -0.3 is 15.7 Å². The van der Waals surface area contributed by atoms with Crippen LogP contribution in [0.1, 0.15) is 33.6 Å². The number of carboxylic acid groups (broad SMARTS) is 1. The molecule has 0 aromatic heterocycles. The topological polar surface area (TPSA) is 95.5 Å². The normalized spacial score (nSPS) is 21.3. The average molecular weight is 256 g/mol. The molecule has 1 heterocycles. The quantitative estimate of drug-likeness (QED) is 0.666. The van der Waals surface area contributed by atoms with Crippen molar-refractivity contribution in [2.75, 3.05) is 6.54 Å². The lowest BCUT2D eigenvalue weighted by Gasteiger charge is -2.31. The van der Waals surface area contributed by atoms with E-state index in [0.717, 1.165) is 0 Å². The van der Waals surface area contributed by atoms with Crippen LogP contribution in [-0.2, 0) is 14.4 Å². The molecule has 1 aliphatic heterocycles. The molecule has 1 saturated heterocycles. The second-order valence-corrected chi connectivity index (χ2v) is 5.73. The zero-order valence-electron chi connectivity index (χ0n) is 10.9. The van der Waals surface area contributed by atoms with Crippen molar-refractivity contribution < 1.29 is 19.5 Å². The van der Waals surface area contributed by atoms with E-state index in [2.05, 4.69) is 10.6 Å². The molecule has 2 amide bonds. The minimum Gasteiger partial charge on any atom is -0.481 e. The van der Waals surface area contributed by atoms with Gasteiger partial charge in [0.2, 0.25) is 11.8 Å². The maximum atomic E-state index is 11.9. The Kier molecular flexibility index (Phi) is 4.32. The van der Waals surface area contributed by atoms with Gasteiger partial charge >= 0.3 is 5.97 Å². The van der Waals surface area contributed by atoms with Crippen LogP contribution in [-0.4, -0.2) is 35.5 Å². The summed E-state index contributed by atoms with van der Waals surface area (Å²) >= 11 is 0. The number of carbonyl (C=O) groups excluding carboxylic acids is 2. The molecule has 6 nitrogen and oxygen atoms in total. The molecule has 0 bridgehead atoms. The Morgan fingerprint density at radius 2 is 2.11 bits per heavy atom. The Morgan fingerprint density at radius 1 is 1.50 bits per heavy atom. The van der Waals surface area contributed by atoms with Crippen LogP contribution in [0.25, 0.3) is 0 Å². The third kappa shape index (κ3) is 4.01. The maximum absolute atomic E-state index is 11.9. The summed E-state index contributed by atoms with van der Waals surface area (Å²) in [4.78, 5) is 33.8. The minimum absolute atomic E-state index is 0.122. The molecule has 0 spiro atoms. The van der Waals surface area contributed by atoms with Gasteiger partial charge in [-0.05, 0) is 5.41 Å². The molecule has 0 aromatic carbocycles. The molecule has 102 valence electrons. The Bertz CT molecular complexity index is 360. The Labute approximate surface area is 106 Å². The molecule has 0 saturated carbocycles. The van der Waals surface area contributed by atoms with Crippen LogP contribution >= 0.6 is 0 Å². The molecule has 6 heteroatoms. The first-order valence-corrected chi connectivity index (χ1v) is 5.99. The van der Waals surface area contributed by atoms with Gasteiger partial charge in [0, 0.05) is 19.0 Å². The van der Waals surface area contributed by atoms with E-state index in [0.29, 0.717) is 6.54 Å². The molecule has 0 radical (unpaired) electrons. The molecule has 0 aromatic rings. The first kappa shape index (κ1) is 14.5. The van der Waals surface area contributed by atoms with Crippen molar-refractivity contribution in [2.24, 2.45) is 11.3 Å². The first-order valence-electron chi connectivity index (χ1n) is 5.99. The number of nitrogens with one attached hydrogen (secondary N) is 2. The van der Waals surface area contributed by atoms with Crippen molar-refractivity contribution >= 4 is 17.8 Å². The fourth-order valence-electron chi connectivity index (χ4n) is 1.83. The van der Waals surface area contributed by atoms with Crippen molar-refractivity contribution in [3.8, 4) is 0 Å². The van der Waals surface area contributed by atoms with Gasteiger partial charge in [-0.15, -0.1) is 0 Å². The van der Waals surface area contributed by atoms with E-state index in [1.807, 2.05) is 20.8 Å². The summed E-state index contributed by atoms with van der Waals surface area (Å²) in [5.74, 6) is -1.73. The van der Waals surface area contributed by atoms with Crippen molar-refractivity contribution in [3.63, 3.8) is 0 Å². The van der Waals surface area contributed by atoms with Crippen LogP contribution in [0.4, 0.5) is 0 Å². The predicted octanol–water partition coefficient (Wildman–Crippen LogP) is 0.128. The molecule has 1 aliphatic rings. The van der Waals surface area contributed by atoms with Crippen LogP contribution in [0.3, 0.4) is 0 Å². The van der Waals surface area contributed by atoms with Gasteiger partial charge in [-0.25, -0.2) is 0 Å². The van der Waals surface area contributed by atoms with Gasteiger partial charge in [0.1, 0.15) is 0 Å². The van der Waals surface area contributed by atoms with E-state index in [1.165, 1.54) is 0 Å². The highest BCUT2D eigenvalue weighted by atomic mass is 16.4. The second-order valence-electron chi connectivity index (χ2n) is 5.73. The van der Waals surface area contributed by atoms with Gasteiger partial charge in [-0.3, -0.25) is 14.4 Å². The molecule has 2 unspecified atom stereocenters. The predicted molar refractivity (Wildman–Crippen MR) is 64.8 cm³/mol. The molecule has 1 rings (SSSR count). The SMILES string of the molecule is CC(C)(C)C(CC(=O)O)NC(=O)C1CNC(=O)C1. The Hall–Kier alpha value is -1.59. The lowest BCUT2D eigenvalue weighted by atomic mass is 9.84. The number of hydrogen-bond acceptors (Lipinski definition) is 3. The van der Waals surface area contributed by atoms with E-state index in [1.54, 1.807) is 0 Å². The summed E-state index contributed by atoms with van der Waals surface area (Å²) in [6, 6.07) is -0.446. The second kappa shape index (κ2) is 5.37. The van der Waals surface area contributed by atoms with E-state index < -0.39 is 17.9 Å². The summed E-state index contributed by atoms with van der Waals surface area (Å²) in [6.07, 6.45) is 0.0547. The number of carbonyl (C=O) groups is 3. The third-order valence-electron chi connectivity index (χ3n) is 3.09. The molecule has 2 atom stereocenters. The van der Waals surface area contributed by atoms with E-state index in [9.17, 15) is 14.4 Å². The summed E-state index contributed by atoms with van der Waals surface area (Å²) in [5.41, 5.74) is -0.343. The summed E-state index contributed by atoms with van der Waals surface area (Å²) in [7, 11) is 0. The number of hydrogen-bond donors (Lipinski definition) is 3. The number of aliphatic carboxylic acids is 1. The van der Waals surface area contributed by atoms with Crippen LogP contribution in [0, 0.1) is 11.3 Å². The van der Waals surface area contributed by atoms with E-state index in [4.69, 9.17) is 5.11 Å². The van der Waals surface area contributed by atoms with Crippen molar-refractivity contribution in [2.45, 2.75) is 39.7 Å². The summed E-state index contributed by atoms with van der Waals surface area (Å²) in [5, 5.41) is 14.2. The van der Waals surface area contributed by atoms with E-state index >= 15 is 0 Å². The Balaban J connectivity index is 2.63. The zero-order chi connectivity index (χ0) is 13.9. The van der Waals surface area contributed by atoms with E-state index in [-0.39, 0.29) is 30.1 Å². The van der Waals surface area contributed by atoms with Crippen molar-refractivity contribution in [1.29, 1.82) is 0 Å². The van der Waals surface area contributed by atoms with Gasteiger partial charge in [0.05, 0.1) is 12.3 Å². The number of carboxylic acids is 1. The maximum Gasteiger partial charge on any atom is 0.305 e. The summed E-state index contributed by atoms with van der Waals surface area (Å²) in [6.45, 7) is 5.95. The molecule has 18 heavy (non-hydrogen) atoms. The molecule has 1 fully saturated rings. The number of rotatable bonds is 4.